The number of rotatable bonds is 3. The van der Waals surface area contributed by atoms with Crippen LogP contribution >= 0.6 is 0 Å². The van der Waals surface area contributed by atoms with Crippen LogP contribution in [0, 0.1) is 5.92 Å². The first-order chi connectivity index (χ1) is 8.76. The molecule has 19 heavy (non-hydrogen) atoms. The van der Waals surface area contributed by atoms with Gasteiger partial charge >= 0.3 is 5.97 Å². The lowest BCUT2D eigenvalue weighted by molar-refractivity contribution is -0.144. The van der Waals surface area contributed by atoms with Gasteiger partial charge < -0.3 is 4.74 Å². The lowest BCUT2D eigenvalue weighted by atomic mass is 10.1. The molecule has 0 radical (unpaired) electrons. The average Bonchev–Trinajstić information content (AvgIpc) is 2.94. The van der Waals surface area contributed by atoms with Crippen molar-refractivity contribution in [2.45, 2.75) is 18.1 Å². The molecule has 2 atom stereocenters. The van der Waals surface area contributed by atoms with Crippen LogP contribution < -0.4 is 0 Å². The van der Waals surface area contributed by atoms with Crippen molar-refractivity contribution in [2.75, 3.05) is 31.7 Å². The van der Waals surface area contributed by atoms with Gasteiger partial charge in [0, 0.05) is 13.1 Å². The van der Waals surface area contributed by atoms with E-state index in [2.05, 4.69) is 4.74 Å². The van der Waals surface area contributed by atoms with Gasteiger partial charge in [0.2, 0.25) is 10.0 Å². The number of carbonyl (C=O) groups is 1. The van der Waals surface area contributed by atoms with Gasteiger partial charge in [-0.15, -0.1) is 0 Å². The fourth-order valence-corrected chi connectivity index (χ4v) is 7.11. The van der Waals surface area contributed by atoms with Crippen molar-refractivity contribution < 1.29 is 26.4 Å². The van der Waals surface area contributed by atoms with E-state index < -0.39 is 37.0 Å². The number of sulfone groups is 1. The number of carbonyl (C=O) groups excluding carboxylic acids is 1. The van der Waals surface area contributed by atoms with Crippen molar-refractivity contribution >= 4 is 25.8 Å². The van der Waals surface area contributed by atoms with Gasteiger partial charge in [0.05, 0.1) is 29.8 Å². The standard InChI is InChI=1S/C10H17NO6S2/c1-17-10(12)8-2-4-11(6-8)19(15,16)9-3-5-18(13,14)7-9/h8-9H,2-7H2,1H3. The van der Waals surface area contributed by atoms with E-state index in [-0.39, 0.29) is 31.0 Å². The van der Waals surface area contributed by atoms with Gasteiger partial charge in [-0.1, -0.05) is 0 Å². The van der Waals surface area contributed by atoms with Crippen LogP contribution in [0.2, 0.25) is 0 Å². The zero-order chi connectivity index (χ0) is 14.3. The van der Waals surface area contributed by atoms with E-state index in [4.69, 9.17) is 0 Å². The third-order valence-electron chi connectivity index (χ3n) is 3.66. The van der Waals surface area contributed by atoms with E-state index in [0.29, 0.717) is 6.42 Å². The highest BCUT2D eigenvalue weighted by molar-refractivity contribution is 7.95. The number of esters is 1. The zero-order valence-electron chi connectivity index (χ0n) is 10.6. The van der Waals surface area contributed by atoms with Crippen LogP contribution in [0.4, 0.5) is 0 Å². The van der Waals surface area contributed by atoms with Gasteiger partial charge in [0.15, 0.2) is 9.84 Å². The Bertz CT molecular complexity index is 567. The third-order valence-corrected chi connectivity index (χ3v) is 7.93. The van der Waals surface area contributed by atoms with Crippen molar-refractivity contribution in [3.63, 3.8) is 0 Å². The number of hydrogen-bond donors (Lipinski definition) is 0. The van der Waals surface area contributed by atoms with E-state index in [1.807, 2.05) is 0 Å². The molecule has 110 valence electrons. The summed E-state index contributed by atoms with van der Waals surface area (Å²) in [7, 11) is -5.61. The highest BCUT2D eigenvalue weighted by Crippen LogP contribution is 2.27. The zero-order valence-corrected chi connectivity index (χ0v) is 12.2. The molecule has 9 heteroatoms. The molecule has 0 bridgehead atoms. The van der Waals surface area contributed by atoms with Crippen LogP contribution in [0.5, 0.6) is 0 Å². The molecule has 0 amide bonds. The molecule has 0 spiro atoms. The molecule has 2 unspecified atom stereocenters. The summed E-state index contributed by atoms with van der Waals surface area (Å²) in [6.07, 6.45) is 0.565. The number of ether oxygens (including phenoxy) is 1. The van der Waals surface area contributed by atoms with Gasteiger partial charge in [-0.2, -0.15) is 0 Å². The second-order valence-electron chi connectivity index (χ2n) is 4.94. The van der Waals surface area contributed by atoms with Crippen molar-refractivity contribution in [2.24, 2.45) is 5.92 Å². The number of hydrogen-bond acceptors (Lipinski definition) is 6. The summed E-state index contributed by atoms with van der Waals surface area (Å²) in [6.45, 7) is 0.338. The van der Waals surface area contributed by atoms with Crippen molar-refractivity contribution in [1.82, 2.24) is 4.31 Å². The van der Waals surface area contributed by atoms with Crippen LogP contribution in [0.15, 0.2) is 0 Å². The predicted molar refractivity (Wildman–Crippen MR) is 67.7 cm³/mol. The maximum atomic E-state index is 12.3. The van der Waals surface area contributed by atoms with E-state index in [1.165, 1.54) is 11.4 Å². The van der Waals surface area contributed by atoms with Gasteiger partial charge in [0.1, 0.15) is 0 Å². The topological polar surface area (TPSA) is 97.8 Å². The van der Waals surface area contributed by atoms with Gasteiger partial charge in [0.25, 0.3) is 0 Å². The monoisotopic (exact) mass is 311 g/mol. The molecular formula is C10H17NO6S2. The maximum absolute atomic E-state index is 12.3. The second-order valence-corrected chi connectivity index (χ2v) is 9.38. The lowest BCUT2D eigenvalue weighted by Crippen LogP contribution is -2.38. The van der Waals surface area contributed by atoms with E-state index in [9.17, 15) is 21.6 Å². The molecule has 0 saturated carbocycles. The third kappa shape index (κ3) is 2.92. The minimum atomic E-state index is -3.64. The summed E-state index contributed by atoms with van der Waals surface area (Å²) >= 11 is 0. The fourth-order valence-electron chi connectivity index (χ4n) is 2.53. The van der Waals surface area contributed by atoms with Gasteiger partial charge in [-0.25, -0.2) is 21.1 Å². The molecule has 2 aliphatic heterocycles. The minimum Gasteiger partial charge on any atom is -0.469 e. The van der Waals surface area contributed by atoms with Gasteiger partial charge in [-0.3, -0.25) is 4.79 Å². The Hall–Kier alpha value is -0.670. The molecule has 0 aromatic carbocycles. The number of methoxy groups -OCH3 is 1. The highest BCUT2D eigenvalue weighted by Gasteiger charge is 2.43. The molecule has 0 aliphatic carbocycles. The Labute approximate surface area is 112 Å². The second kappa shape index (κ2) is 5.02. The van der Waals surface area contributed by atoms with Crippen molar-refractivity contribution in [3.8, 4) is 0 Å². The van der Waals surface area contributed by atoms with Crippen LogP contribution in [0.1, 0.15) is 12.8 Å². The molecule has 0 aromatic rings. The Morgan fingerprint density at radius 1 is 1.32 bits per heavy atom. The SMILES string of the molecule is COC(=O)C1CCN(S(=O)(=O)C2CCS(=O)(=O)C2)C1. The Balaban J connectivity index is 2.08. The van der Waals surface area contributed by atoms with Crippen LogP contribution in [-0.2, 0) is 29.4 Å². The first-order valence-corrected chi connectivity index (χ1v) is 9.36. The summed E-state index contributed by atoms with van der Waals surface area (Å²) in [5, 5.41) is -0.867. The maximum Gasteiger partial charge on any atom is 0.310 e. The van der Waals surface area contributed by atoms with Crippen molar-refractivity contribution in [3.05, 3.63) is 0 Å². The van der Waals surface area contributed by atoms with Crippen molar-refractivity contribution in [1.29, 1.82) is 0 Å². The molecule has 7 nitrogen and oxygen atoms in total. The summed E-state index contributed by atoms with van der Waals surface area (Å²) in [6, 6.07) is 0. The minimum absolute atomic E-state index is 0.0782. The molecule has 2 fully saturated rings. The average molecular weight is 311 g/mol. The molecule has 2 rings (SSSR count). The van der Waals surface area contributed by atoms with Crippen LogP contribution in [-0.4, -0.2) is 64.1 Å². The normalized spacial score (nSPS) is 31.4. The van der Waals surface area contributed by atoms with Gasteiger partial charge in [-0.05, 0) is 12.8 Å². The molecule has 2 aliphatic rings. The molecule has 2 saturated heterocycles. The van der Waals surface area contributed by atoms with E-state index >= 15 is 0 Å². The Morgan fingerprint density at radius 2 is 2.00 bits per heavy atom. The quantitative estimate of drug-likeness (QED) is 0.620. The molecular weight excluding hydrogens is 294 g/mol. The molecule has 0 N–H and O–H groups in total. The Kier molecular flexibility index (Phi) is 3.90. The van der Waals surface area contributed by atoms with Crippen LogP contribution in [0.3, 0.4) is 0 Å². The van der Waals surface area contributed by atoms with E-state index in [0.717, 1.165) is 0 Å². The van der Waals surface area contributed by atoms with Crippen LogP contribution in [0.25, 0.3) is 0 Å². The summed E-state index contributed by atoms with van der Waals surface area (Å²) < 4.78 is 53.1. The Morgan fingerprint density at radius 3 is 2.53 bits per heavy atom. The highest BCUT2D eigenvalue weighted by atomic mass is 32.2. The summed E-state index contributed by atoms with van der Waals surface area (Å²) in [4.78, 5) is 11.4. The predicted octanol–water partition coefficient (Wildman–Crippen LogP) is -1.00. The van der Waals surface area contributed by atoms with E-state index in [1.54, 1.807) is 0 Å². The summed E-state index contributed by atoms with van der Waals surface area (Å²) in [5.41, 5.74) is 0. The molecule has 0 aromatic heterocycles. The largest absolute Gasteiger partial charge is 0.469 e. The summed E-state index contributed by atoms with van der Waals surface area (Å²) in [5.74, 6) is -1.26. The first kappa shape index (κ1) is 14.7. The smallest absolute Gasteiger partial charge is 0.310 e. The first-order valence-electron chi connectivity index (χ1n) is 6.03. The fraction of sp³-hybridized carbons (Fsp3) is 0.900. The number of nitrogens with zero attached hydrogens (tertiary/aromatic N) is 1. The molecule has 2 heterocycles. The lowest BCUT2D eigenvalue weighted by Gasteiger charge is -2.20. The number of sulfonamides is 1.